The standard InChI is InChI=1S/C10H16N4O.ClH/c11-9-6-8(7-10(12)14(9)15)13-4-2-1-3-5-13;/h6-7H,1-5,11-12H2;1H. The third-order valence-corrected chi connectivity index (χ3v) is 2.78. The Labute approximate surface area is 101 Å². The van der Waals surface area contributed by atoms with Crippen molar-refractivity contribution >= 4 is 29.7 Å². The van der Waals surface area contributed by atoms with Crippen molar-refractivity contribution in [1.29, 1.82) is 0 Å². The van der Waals surface area contributed by atoms with E-state index in [1.807, 2.05) is 0 Å². The van der Waals surface area contributed by atoms with Crippen molar-refractivity contribution < 1.29 is 4.73 Å². The minimum atomic E-state index is 0. The normalized spacial score (nSPS) is 15.6. The Morgan fingerprint density at radius 1 is 1.06 bits per heavy atom. The van der Waals surface area contributed by atoms with Crippen LogP contribution in [0.25, 0.3) is 0 Å². The SMILES string of the molecule is Cl.Nc1cc(N2CCCCC2)cc(N)[n+]1[O-]. The Morgan fingerprint density at radius 3 is 2.06 bits per heavy atom. The highest BCUT2D eigenvalue weighted by atomic mass is 35.5. The van der Waals surface area contributed by atoms with Gasteiger partial charge in [-0.3, -0.25) is 0 Å². The fourth-order valence-electron chi connectivity index (χ4n) is 1.95. The predicted octanol–water partition coefficient (Wildman–Crippen LogP) is 0.897. The van der Waals surface area contributed by atoms with Crippen LogP contribution in [0, 0.1) is 5.21 Å². The minimum absolute atomic E-state index is 0. The van der Waals surface area contributed by atoms with E-state index in [0.717, 1.165) is 18.8 Å². The number of nitrogens with zero attached hydrogens (tertiary/aromatic N) is 2. The van der Waals surface area contributed by atoms with Gasteiger partial charge in [0.15, 0.2) is 0 Å². The highest BCUT2D eigenvalue weighted by Gasteiger charge is 2.13. The molecule has 6 heteroatoms. The molecule has 1 aromatic heterocycles. The van der Waals surface area contributed by atoms with Crippen LogP contribution in [0.15, 0.2) is 12.1 Å². The predicted molar refractivity (Wildman–Crippen MR) is 67.5 cm³/mol. The first-order valence-corrected chi connectivity index (χ1v) is 5.22. The topological polar surface area (TPSA) is 82.2 Å². The zero-order valence-electron chi connectivity index (χ0n) is 9.06. The Balaban J connectivity index is 0.00000128. The first kappa shape index (κ1) is 12.7. The van der Waals surface area contributed by atoms with Gasteiger partial charge in [-0.15, -0.1) is 12.4 Å². The minimum Gasteiger partial charge on any atom is -0.740 e. The van der Waals surface area contributed by atoms with E-state index in [9.17, 15) is 5.21 Å². The number of hydrogen-bond acceptors (Lipinski definition) is 4. The lowest BCUT2D eigenvalue weighted by Gasteiger charge is -2.29. The summed E-state index contributed by atoms with van der Waals surface area (Å²) in [4.78, 5) is 2.22. The van der Waals surface area contributed by atoms with Gasteiger partial charge < -0.3 is 21.6 Å². The van der Waals surface area contributed by atoms with Crippen LogP contribution >= 0.6 is 12.4 Å². The summed E-state index contributed by atoms with van der Waals surface area (Å²) in [5.41, 5.74) is 12.1. The lowest BCUT2D eigenvalue weighted by Crippen LogP contribution is -2.36. The smallest absolute Gasteiger partial charge is 0.221 e. The first-order chi connectivity index (χ1) is 7.18. The Bertz CT molecular complexity index is 343. The fourth-order valence-corrected chi connectivity index (χ4v) is 1.95. The summed E-state index contributed by atoms with van der Waals surface area (Å²) in [7, 11) is 0. The maximum Gasteiger partial charge on any atom is 0.221 e. The number of hydrogen-bond donors (Lipinski definition) is 2. The summed E-state index contributed by atoms with van der Waals surface area (Å²) in [6.07, 6.45) is 3.65. The number of aromatic nitrogens is 1. The molecule has 0 atom stereocenters. The number of piperidine rings is 1. The Kier molecular flexibility index (Phi) is 4.06. The van der Waals surface area contributed by atoms with E-state index in [1.54, 1.807) is 12.1 Å². The van der Waals surface area contributed by atoms with Crippen LogP contribution < -0.4 is 21.1 Å². The molecule has 1 saturated heterocycles. The summed E-state index contributed by atoms with van der Waals surface area (Å²) >= 11 is 0. The highest BCUT2D eigenvalue weighted by molar-refractivity contribution is 5.85. The number of pyridine rings is 1. The van der Waals surface area contributed by atoms with Gasteiger partial charge in [0.1, 0.15) is 0 Å². The van der Waals surface area contributed by atoms with Crippen molar-refractivity contribution in [3.8, 4) is 0 Å². The number of anilines is 3. The van der Waals surface area contributed by atoms with Crippen LogP contribution in [0.4, 0.5) is 17.3 Å². The van der Waals surface area contributed by atoms with Gasteiger partial charge in [0.05, 0.1) is 0 Å². The molecule has 0 aliphatic carbocycles. The lowest BCUT2D eigenvalue weighted by atomic mass is 10.1. The molecule has 1 aliphatic rings. The molecule has 1 aromatic rings. The van der Waals surface area contributed by atoms with Gasteiger partial charge in [0.2, 0.25) is 11.6 Å². The van der Waals surface area contributed by atoms with Crippen molar-refractivity contribution in [1.82, 2.24) is 0 Å². The molecular formula is C10H17ClN4O. The van der Waals surface area contributed by atoms with Gasteiger partial charge >= 0.3 is 0 Å². The van der Waals surface area contributed by atoms with E-state index in [4.69, 9.17) is 11.5 Å². The van der Waals surface area contributed by atoms with Crippen molar-refractivity contribution in [2.24, 2.45) is 0 Å². The molecule has 0 aromatic carbocycles. The van der Waals surface area contributed by atoms with Crippen LogP contribution in [0.2, 0.25) is 0 Å². The van der Waals surface area contributed by atoms with Crippen LogP contribution in [0.1, 0.15) is 19.3 Å². The molecule has 1 fully saturated rings. The average Bonchev–Trinajstić information content (AvgIpc) is 2.26. The molecule has 2 rings (SSSR count). The third-order valence-electron chi connectivity index (χ3n) is 2.78. The van der Waals surface area contributed by atoms with Crippen molar-refractivity contribution in [2.75, 3.05) is 29.5 Å². The first-order valence-electron chi connectivity index (χ1n) is 5.22. The summed E-state index contributed by atoms with van der Waals surface area (Å²) in [6, 6.07) is 3.38. The van der Waals surface area contributed by atoms with Crippen molar-refractivity contribution in [3.63, 3.8) is 0 Å². The van der Waals surface area contributed by atoms with E-state index >= 15 is 0 Å². The maximum atomic E-state index is 11.3. The molecule has 0 unspecified atom stereocenters. The second kappa shape index (κ2) is 5.12. The average molecular weight is 245 g/mol. The molecule has 2 heterocycles. The quantitative estimate of drug-likeness (QED) is 0.568. The van der Waals surface area contributed by atoms with Gasteiger partial charge in [-0.25, -0.2) is 4.73 Å². The van der Waals surface area contributed by atoms with E-state index < -0.39 is 0 Å². The molecular weight excluding hydrogens is 228 g/mol. The van der Waals surface area contributed by atoms with Gasteiger partial charge in [-0.1, -0.05) is 0 Å². The van der Waals surface area contributed by atoms with Gasteiger partial charge in [-0.2, -0.15) is 0 Å². The van der Waals surface area contributed by atoms with E-state index in [0.29, 0.717) is 4.73 Å². The zero-order chi connectivity index (χ0) is 10.8. The molecule has 5 nitrogen and oxygen atoms in total. The fraction of sp³-hybridized carbons (Fsp3) is 0.500. The number of rotatable bonds is 1. The third kappa shape index (κ3) is 2.41. The molecule has 0 spiro atoms. The second-order valence-corrected chi connectivity index (χ2v) is 3.91. The van der Waals surface area contributed by atoms with Gasteiger partial charge in [0.25, 0.3) is 0 Å². The zero-order valence-corrected chi connectivity index (χ0v) is 9.87. The monoisotopic (exact) mass is 244 g/mol. The molecule has 4 N–H and O–H groups in total. The lowest BCUT2D eigenvalue weighted by molar-refractivity contribution is -0.574. The van der Waals surface area contributed by atoms with Crippen LogP contribution in [0.3, 0.4) is 0 Å². The Morgan fingerprint density at radius 2 is 1.56 bits per heavy atom. The molecule has 1 aliphatic heterocycles. The Hall–Kier alpha value is -1.36. The largest absolute Gasteiger partial charge is 0.740 e. The van der Waals surface area contributed by atoms with E-state index in [1.165, 1.54) is 19.3 Å². The summed E-state index contributed by atoms with van der Waals surface area (Å²) in [5.74, 6) is 0.325. The van der Waals surface area contributed by atoms with E-state index in [-0.39, 0.29) is 24.0 Å². The molecule has 0 saturated carbocycles. The summed E-state index contributed by atoms with van der Waals surface area (Å²) in [6.45, 7) is 2.03. The van der Waals surface area contributed by atoms with Crippen LogP contribution in [0.5, 0.6) is 0 Å². The second-order valence-electron chi connectivity index (χ2n) is 3.91. The summed E-state index contributed by atoms with van der Waals surface area (Å²) in [5, 5.41) is 11.3. The molecule has 0 amide bonds. The van der Waals surface area contributed by atoms with Gasteiger partial charge in [0, 0.05) is 30.9 Å². The number of halogens is 1. The van der Waals surface area contributed by atoms with Crippen molar-refractivity contribution in [3.05, 3.63) is 17.3 Å². The maximum absolute atomic E-state index is 11.3. The molecule has 0 bridgehead atoms. The number of nitrogen functional groups attached to an aromatic ring is 2. The molecule has 90 valence electrons. The van der Waals surface area contributed by atoms with Gasteiger partial charge in [-0.05, 0) is 19.3 Å². The van der Waals surface area contributed by atoms with Crippen molar-refractivity contribution in [2.45, 2.75) is 19.3 Å². The number of nitrogens with two attached hydrogens (primary N) is 2. The van der Waals surface area contributed by atoms with Crippen LogP contribution in [-0.2, 0) is 0 Å². The molecule has 0 radical (unpaired) electrons. The summed E-state index contributed by atoms with van der Waals surface area (Å²) < 4.78 is 0.549. The van der Waals surface area contributed by atoms with E-state index in [2.05, 4.69) is 4.90 Å². The van der Waals surface area contributed by atoms with Crippen LogP contribution in [-0.4, -0.2) is 13.1 Å². The molecule has 16 heavy (non-hydrogen) atoms. The highest BCUT2D eigenvalue weighted by Crippen LogP contribution is 2.21.